The summed E-state index contributed by atoms with van der Waals surface area (Å²) in [4.78, 5) is 13.5. The average Bonchev–Trinajstić information content (AvgIpc) is 2.77. The van der Waals surface area contributed by atoms with E-state index in [4.69, 9.17) is 4.74 Å². The van der Waals surface area contributed by atoms with E-state index in [0.29, 0.717) is 12.2 Å². The Hall–Kier alpha value is -1.56. The van der Waals surface area contributed by atoms with Gasteiger partial charge in [0, 0.05) is 13.1 Å². The molecule has 2 rings (SSSR count). The fourth-order valence-corrected chi connectivity index (χ4v) is 3.94. The largest absolute Gasteiger partial charge is 0.484 e. The average molecular weight is 297 g/mol. The van der Waals surface area contributed by atoms with E-state index in [1.807, 2.05) is 31.2 Å². The molecule has 20 heavy (non-hydrogen) atoms. The van der Waals surface area contributed by atoms with Gasteiger partial charge in [-0.05, 0) is 25.5 Å². The second-order valence-electron chi connectivity index (χ2n) is 5.16. The zero-order valence-corrected chi connectivity index (χ0v) is 12.5. The standard InChI is InChI=1S/C14H19NO4S/c1-11-3-5-13(6-4-11)19-9-14(16)15(2)12-7-8-20(17,18)10-12/h3-6,12H,7-10H2,1-2H3/t12-/m1/s1. The molecule has 0 aromatic heterocycles. The van der Waals surface area contributed by atoms with Gasteiger partial charge < -0.3 is 9.64 Å². The molecule has 1 saturated heterocycles. The number of amides is 1. The van der Waals surface area contributed by atoms with Crippen molar-refractivity contribution in [2.45, 2.75) is 19.4 Å². The molecule has 0 aliphatic carbocycles. The minimum absolute atomic E-state index is 0.0553. The van der Waals surface area contributed by atoms with Gasteiger partial charge in [0.15, 0.2) is 16.4 Å². The number of rotatable bonds is 4. The highest BCUT2D eigenvalue weighted by Crippen LogP contribution is 2.17. The van der Waals surface area contributed by atoms with Crippen LogP contribution in [0.3, 0.4) is 0 Å². The predicted molar refractivity (Wildman–Crippen MR) is 76.5 cm³/mol. The summed E-state index contributed by atoms with van der Waals surface area (Å²) in [6.45, 7) is 1.90. The van der Waals surface area contributed by atoms with Crippen LogP contribution in [0.4, 0.5) is 0 Å². The van der Waals surface area contributed by atoms with Crippen molar-refractivity contribution in [3.05, 3.63) is 29.8 Å². The molecular formula is C14H19NO4S. The third kappa shape index (κ3) is 3.72. The third-order valence-corrected chi connectivity index (χ3v) is 5.28. The highest BCUT2D eigenvalue weighted by molar-refractivity contribution is 7.91. The van der Waals surface area contributed by atoms with Crippen LogP contribution in [0.25, 0.3) is 0 Å². The van der Waals surface area contributed by atoms with E-state index in [0.717, 1.165) is 5.56 Å². The first-order valence-electron chi connectivity index (χ1n) is 6.53. The van der Waals surface area contributed by atoms with Crippen molar-refractivity contribution in [2.24, 2.45) is 0 Å². The van der Waals surface area contributed by atoms with Gasteiger partial charge in [-0.3, -0.25) is 4.79 Å². The van der Waals surface area contributed by atoms with E-state index in [2.05, 4.69) is 0 Å². The number of hydrogen-bond acceptors (Lipinski definition) is 4. The molecule has 0 spiro atoms. The van der Waals surface area contributed by atoms with Gasteiger partial charge in [-0.1, -0.05) is 17.7 Å². The molecule has 1 amide bonds. The summed E-state index contributed by atoms with van der Waals surface area (Å²) >= 11 is 0. The topological polar surface area (TPSA) is 63.7 Å². The van der Waals surface area contributed by atoms with Crippen LogP contribution in [0.15, 0.2) is 24.3 Å². The number of hydrogen-bond donors (Lipinski definition) is 0. The van der Waals surface area contributed by atoms with Crippen molar-refractivity contribution in [1.29, 1.82) is 0 Å². The monoisotopic (exact) mass is 297 g/mol. The van der Waals surface area contributed by atoms with Crippen LogP contribution in [0.5, 0.6) is 5.75 Å². The smallest absolute Gasteiger partial charge is 0.260 e. The van der Waals surface area contributed by atoms with Crippen LogP contribution >= 0.6 is 0 Å². The van der Waals surface area contributed by atoms with Crippen molar-refractivity contribution in [3.8, 4) is 5.75 Å². The highest BCUT2D eigenvalue weighted by atomic mass is 32.2. The third-order valence-electron chi connectivity index (χ3n) is 3.53. The van der Waals surface area contributed by atoms with E-state index in [9.17, 15) is 13.2 Å². The van der Waals surface area contributed by atoms with E-state index < -0.39 is 9.84 Å². The van der Waals surface area contributed by atoms with Crippen LogP contribution in [0, 0.1) is 6.92 Å². The van der Waals surface area contributed by atoms with Gasteiger partial charge in [-0.25, -0.2) is 8.42 Å². The van der Waals surface area contributed by atoms with Gasteiger partial charge >= 0.3 is 0 Å². The maximum absolute atomic E-state index is 12.0. The maximum atomic E-state index is 12.0. The van der Waals surface area contributed by atoms with Gasteiger partial charge in [0.05, 0.1) is 11.5 Å². The Labute approximate surface area is 119 Å². The Kier molecular flexibility index (Phi) is 4.32. The first-order valence-corrected chi connectivity index (χ1v) is 8.35. The normalized spacial score (nSPS) is 20.6. The van der Waals surface area contributed by atoms with Crippen LogP contribution < -0.4 is 4.74 Å². The Morgan fingerprint density at radius 1 is 1.35 bits per heavy atom. The van der Waals surface area contributed by atoms with Crippen LogP contribution in [-0.2, 0) is 14.6 Å². The lowest BCUT2D eigenvalue weighted by molar-refractivity contribution is -0.133. The molecule has 1 heterocycles. The molecule has 1 aliphatic rings. The fourth-order valence-electron chi connectivity index (χ4n) is 2.17. The quantitative estimate of drug-likeness (QED) is 0.832. The molecule has 0 radical (unpaired) electrons. The minimum Gasteiger partial charge on any atom is -0.484 e. The molecule has 1 aliphatic heterocycles. The van der Waals surface area contributed by atoms with Gasteiger partial charge in [-0.15, -0.1) is 0 Å². The lowest BCUT2D eigenvalue weighted by atomic mass is 10.2. The Morgan fingerprint density at radius 3 is 2.55 bits per heavy atom. The summed E-state index contributed by atoms with van der Waals surface area (Å²) in [7, 11) is -1.35. The zero-order valence-electron chi connectivity index (χ0n) is 11.7. The summed E-state index contributed by atoms with van der Waals surface area (Å²) < 4.78 is 28.2. The van der Waals surface area contributed by atoms with E-state index in [-0.39, 0.29) is 30.1 Å². The van der Waals surface area contributed by atoms with Gasteiger partial charge in [0.25, 0.3) is 5.91 Å². The molecule has 1 fully saturated rings. The van der Waals surface area contributed by atoms with E-state index in [1.165, 1.54) is 4.90 Å². The molecular weight excluding hydrogens is 278 g/mol. The Morgan fingerprint density at radius 2 is 2.00 bits per heavy atom. The number of nitrogens with zero attached hydrogens (tertiary/aromatic N) is 1. The lowest BCUT2D eigenvalue weighted by Crippen LogP contribution is -2.40. The van der Waals surface area contributed by atoms with E-state index >= 15 is 0 Å². The summed E-state index contributed by atoms with van der Waals surface area (Å²) in [6, 6.07) is 7.21. The molecule has 110 valence electrons. The molecule has 0 N–H and O–H groups in total. The Bertz CT molecular complexity index is 580. The number of ether oxygens (including phenoxy) is 1. The summed E-state index contributed by atoms with van der Waals surface area (Å²) in [5.74, 6) is 0.650. The SMILES string of the molecule is Cc1ccc(OCC(=O)N(C)[C@@H]2CCS(=O)(=O)C2)cc1. The zero-order chi connectivity index (χ0) is 14.8. The second-order valence-corrected chi connectivity index (χ2v) is 7.39. The van der Waals surface area contributed by atoms with Crippen LogP contribution in [0.2, 0.25) is 0 Å². The number of aryl methyl sites for hydroxylation is 1. The number of sulfone groups is 1. The second kappa shape index (κ2) is 5.83. The van der Waals surface area contributed by atoms with Crippen molar-refractivity contribution in [1.82, 2.24) is 4.90 Å². The van der Waals surface area contributed by atoms with Crippen molar-refractivity contribution >= 4 is 15.7 Å². The summed E-state index contributed by atoms with van der Waals surface area (Å²) in [5.41, 5.74) is 1.12. The summed E-state index contributed by atoms with van der Waals surface area (Å²) in [6.07, 6.45) is 0.509. The minimum atomic E-state index is -2.98. The lowest BCUT2D eigenvalue weighted by Gasteiger charge is -2.23. The van der Waals surface area contributed by atoms with Gasteiger partial charge in [0.1, 0.15) is 5.75 Å². The van der Waals surface area contributed by atoms with Crippen LogP contribution in [0.1, 0.15) is 12.0 Å². The van der Waals surface area contributed by atoms with E-state index in [1.54, 1.807) is 7.05 Å². The molecule has 6 heteroatoms. The predicted octanol–water partition coefficient (Wildman–Crippen LogP) is 1.02. The first-order chi connectivity index (χ1) is 9.37. The molecule has 0 bridgehead atoms. The van der Waals surface area contributed by atoms with Gasteiger partial charge in [0.2, 0.25) is 0 Å². The highest BCUT2D eigenvalue weighted by Gasteiger charge is 2.32. The molecule has 1 atom stereocenters. The number of carbonyl (C=O) groups excluding carboxylic acids is 1. The molecule has 1 aromatic carbocycles. The van der Waals surface area contributed by atoms with Crippen molar-refractivity contribution in [3.63, 3.8) is 0 Å². The van der Waals surface area contributed by atoms with Crippen molar-refractivity contribution < 1.29 is 17.9 Å². The van der Waals surface area contributed by atoms with Crippen molar-refractivity contribution in [2.75, 3.05) is 25.2 Å². The molecule has 0 saturated carbocycles. The maximum Gasteiger partial charge on any atom is 0.260 e. The van der Waals surface area contributed by atoms with Crippen LogP contribution in [-0.4, -0.2) is 50.4 Å². The number of likely N-dealkylation sites (N-methyl/N-ethyl adjacent to an activating group) is 1. The number of benzene rings is 1. The molecule has 5 nitrogen and oxygen atoms in total. The van der Waals surface area contributed by atoms with Gasteiger partial charge in [-0.2, -0.15) is 0 Å². The number of carbonyl (C=O) groups is 1. The first kappa shape index (κ1) is 14.8. The molecule has 1 aromatic rings. The Balaban J connectivity index is 1.87. The molecule has 0 unspecified atom stereocenters. The summed E-state index contributed by atoms with van der Waals surface area (Å²) in [5, 5.41) is 0. The fraction of sp³-hybridized carbons (Fsp3) is 0.500.